The van der Waals surface area contributed by atoms with Gasteiger partial charge in [0.25, 0.3) is 0 Å². The number of oxime groups is 1. The van der Waals surface area contributed by atoms with Gasteiger partial charge in [-0.3, -0.25) is 0 Å². The predicted molar refractivity (Wildman–Crippen MR) is 85.7 cm³/mol. The topological polar surface area (TPSA) is 61.9 Å². The van der Waals surface area contributed by atoms with Gasteiger partial charge in [-0.1, -0.05) is 5.16 Å². The minimum Gasteiger partial charge on any atom is -0.409 e. The van der Waals surface area contributed by atoms with Gasteiger partial charge in [0.15, 0.2) is 5.84 Å². The number of amidine groups is 1. The number of hydrogen-bond donors (Lipinski definition) is 2. The molecule has 0 aliphatic carbocycles. The molecule has 0 spiro atoms. The van der Waals surface area contributed by atoms with Crippen molar-refractivity contribution < 1.29 is 5.21 Å². The van der Waals surface area contributed by atoms with Gasteiger partial charge in [-0.25, -0.2) is 0 Å². The summed E-state index contributed by atoms with van der Waals surface area (Å²) < 4.78 is 0.959. The average molecular weight is 352 g/mol. The molecule has 0 unspecified atom stereocenters. The second-order valence-electron chi connectivity index (χ2n) is 4.69. The summed E-state index contributed by atoms with van der Waals surface area (Å²) in [4.78, 5) is 3.83. The highest BCUT2D eigenvalue weighted by atomic mass is 79.9. The Morgan fingerprint density at radius 2 is 2.25 bits per heavy atom. The van der Waals surface area contributed by atoms with Gasteiger partial charge in [-0.15, -0.1) is 11.3 Å². The normalized spacial score (nSPS) is 15.2. The first kappa shape index (κ1) is 13.5. The average Bonchev–Trinajstić information content (AvgIpc) is 2.93. The Morgan fingerprint density at radius 3 is 3.00 bits per heavy atom. The zero-order chi connectivity index (χ0) is 14.1. The minimum absolute atomic E-state index is 0.121. The van der Waals surface area contributed by atoms with E-state index in [1.165, 1.54) is 10.4 Å². The van der Waals surface area contributed by atoms with E-state index in [1.54, 1.807) is 0 Å². The number of nitrogens with two attached hydrogens (primary N) is 1. The fourth-order valence-electron chi connectivity index (χ4n) is 2.43. The van der Waals surface area contributed by atoms with Crippen LogP contribution >= 0.6 is 27.3 Å². The summed E-state index contributed by atoms with van der Waals surface area (Å²) in [5, 5.41) is 13.9. The zero-order valence-electron chi connectivity index (χ0n) is 10.7. The molecule has 20 heavy (non-hydrogen) atoms. The van der Waals surface area contributed by atoms with Crippen molar-refractivity contribution in [3.63, 3.8) is 0 Å². The highest BCUT2D eigenvalue weighted by Crippen LogP contribution is 2.32. The molecule has 0 bridgehead atoms. The lowest BCUT2D eigenvalue weighted by Crippen LogP contribution is -2.29. The molecule has 0 amide bonds. The number of rotatable bonds is 2. The monoisotopic (exact) mass is 351 g/mol. The van der Waals surface area contributed by atoms with Crippen molar-refractivity contribution in [2.75, 3.05) is 11.4 Å². The standard InChI is InChI=1S/C14H14BrN3OS/c15-11-7-9(14(16)17-19)1-2-12(11)18-5-3-13-10(8-18)4-6-20-13/h1-2,4,6-7,19H,3,5,8H2,(H2,16,17). The molecule has 6 heteroatoms. The molecule has 1 aliphatic rings. The molecule has 2 aromatic rings. The summed E-state index contributed by atoms with van der Waals surface area (Å²) in [6.45, 7) is 1.94. The molecule has 1 aliphatic heterocycles. The SMILES string of the molecule is N/C(=N/O)c1ccc(N2CCc3sccc3C2)c(Br)c1. The van der Waals surface area contributed by atoms with Crippen LogP contribution in [0.1, 0.15) is 16.0 Å². The summed E-state index contributed by atoms with van der Waals surface area (Å²) in [6, 6.07) is 7.96. The third-order valence-corrected chi connectivity index (χ3v) is 5.16. The quantitative estimate of drug-likeness (QED) is 0.378. The van der Waals surface area contributed by atoms with Crippen LogP contribution in [0.4, 0.5) is 5.69 Å². The van der Waals surface area contributed by atoms with Gasteiger partial charge in [0.1, 0.15) is 0 Å². The van der Waals surface area contributed by atoms with Crippen LogP contribution in [0.25, 0.3) is 0 Å². The van der Waals surface area contributed by atoms with Crippen molar-refractivity contribution in [2.45, 2.75) is 13.0 Å². The Labute approximate surface area is 129 Å². The van der Waals surface area contributed by atoms with Crippen LogP contribution in [0.2, 0.25) is 0 Å². The Kier molecular flexibility index (Phi) is 3.67. The minimum atomic E-state index is 0.121. The van der Waals surface area contributed by atoms with Crippen LogP contribution in [0, 0.1) is 0 Å². The van der Waals surface area contributed by atoms with E-state index in [4.69, 9.17) is 10.9 Å². The van der Waals surface area contributed by atoms with Gasteiger partial charge in [0, 0.05) is 28.0 Å². The summed E-state index contributed by atoms with van der Waals surface area (Å²) in [6.07, 6.45) is 1.08. The zero-order valence-corrected chi connectivity index (χ0v) is 13.1. The van der Waals surface area contributed by atoms with Crippen LogP contribution in [0.15, 0.2) is 39.3 Å². The maximum absolute atomic E-state index is 8.72. The van der Waals surface area contributed by atoms with Crippen LogP contribution in [0.3, 0.4) is 0 Å². The van der Waals surface area contributed by atoms with Crippen molar-refractivity contribution in [3.05, 3.63) is 50.1 Å². The van der Waals surface area contributed by atoms with Gasteiger partial charge < -0.3 is 15.8 Å². The number of benzene rings is 1. The highest BCUT2D eigenvalue weighted by Gasteiger charge is 2.19. The lowest BCUT2D eigenvalue weighted by atomic mass is 10.1. The third kappa shape index (κ3) is 2.41. The largest absolute Gasteiger partial charge is 0.409 e. The molecule has 3 rings (SSSR count). The fraction of sp³-hybridized carbons (Fsp3) is 0.214. The van der Waals surface area contributed by atoms with E-state index < -0.39 is 0 Å². The smallest absolute Gasteiger partial charge is 0.170 e. The van der Waals surface area contributed by atoms with Gasteiger partial charge in [-0.2, -0.15) is 0 Å². The van der Waals surface area contributed by atoms with Crippen LogP contribution in [0.5, 0.6) is 0 Å². The molecule has 0 saturated carbocycles. The number of anilines is 1. The van der Waals surface area contributed by atoms with Gasteiger partial charge >= 0.3 is 0 Å². The molecule has 0 saturated heterocycles. The van der Waals surface area contributed by atoms with E-state index in [0.29, 0.717) is 5.56 Å². The first-order valence-corrected chi connectivity index (χ1v) is 7.94. The lowest BCUT2D eigenvalue weighted by molar-refractivity contribution is 0.318. The van der Waals surface area contributed by atoms with Crippen LogP contribution < -0.4 is 10.6 Å². The Hall–Kier alpha value is -1.53. The van der Waals surface area contributed by atoms with Crippen molar-refractivity contribution in [1.82, 2.24) is 0 Å². The number of nitrogens with zero attached hydrogens (tertiary/aromatic N) is 2. The van der Waals surface area contributed by atoms with E-state index in [-0.39, 0.29) is 5.84 Å². The molecule has 104 valence electrons. The molecule has 3 N–H and O–H groups in total. The fourth-order valence-corrected chi connectivity index (χ4v) is 3.95. The van der Waals surface area contributed by atoms with E-state index >= 15 is 0 Å². The Bertz CT molecular complexity index is 668. The van der Waals surface area contributed by atoms with E-state index in [0.717, 1.165) is 29.7 Å². The predicted octanol–water partition coefficient (Wildman–Crippen LogP) is 3.17. The van der Waals surface area contributed by atoms with E-state index in [9.17, 15) is 0 Å². The molecular formula is C14H14BrN3OS. The number of fused-ring (bicyclic) bond motifs is 1. The molecule has 2 heterocycles. The van der Waals surface area contributed by atoms with E-state index in [2.05, 4.69) is 37.4 Å². The van der Waals surface area contributed by atoms with Crippen molar-refractivity contribution >= 4 is 38.8 Å². The summed E-state index contributed by atoms with van der Waals surface area (Å²) in [5.41, 5.74) is 8.86. The molecule has 0 atom stereocenters. The molecule has 1 aromatic heterocycles. The molecule has 1 aromatic carbocycles. The molecule has 0 radical (unpaired) electrons. The van der Waals surface area contributed by atoms with Gasteiger partial charge in [0.2, 0.25) is 0 Å². The van der Waals surface area contributed by atoms with Crippen molar-refractivity contribution in [2.24, 2.45) is 10.9 Å². The number of halogens is 1. The first-order valence-electron chi connectivity index (χ1n) is 6.26. The van der Waals surface area contributed by atoms with Gasteiger partial charge in [0.05, 0.1) is 5.69 Å². The lowest BCUT2D eigenvalue weighted by Gasteiger charge is -2.30. The first-order chi connectivity index (χ1) is 9.69. The maximum Gasteiger partial charge on any atom is 0.170 e. The van der Waals surface area contributed by atoms with Crippen molar-refractivity contribution in [1.29, 1.82) is 0 Å². The molecule has 4 nitrogen and oxygen atoms in total. The number of hydrogen-bond acceptors (Lipinski definition) is 4. The van der Waals surface area contributed by atoms with Crippen LogP contribution in [-0.2, 0) is 13.0 Å². The van der Waals surface area contributed by atoms with Crippen molar-refractivity contribution in [3.8, 4) is 0 Å². The summed E-state index contributed by atoms with van der Waals surface area (Å²) in [7, 11) is 0. The second-order valence-corrected chi connectivity index (χ2v) is 6.55. The van der Waals surface area contributed by atoms with E-state index in [1.807, 2.05) is 29.5 Å². The molecule has 0 fully saturated rings. The summed E-state index contributed by atoms with van der Waals surface area (Å²) in [5.74, 6) is 0.121. The number of thiophene rings is 1. The highest BCUT2D eigenvalue weighted by molar-refractivity contribution is 9.10. The second kappa shape index (κ2) is 5.46. The Balaban J connectivity index is 1.89. The maximum atomic E-state index is 8.72. The summed E-state index contributed by atoms with van der Waals surface area (Å²) >= 11 is 5.42. The molecular weight excluding hydrogens is 338 g/mol. The van der Waals surface area contributed by atoms with Gasteiger partial charge in [-0.05, 0) is 57.6 Å². The van der Waals surface area contributed by atoms with Crippen LogP contribution in [-0.4, -0.2) is 17.6 Å². The third-order valence-electron chi connectivity index (χ3n) is 3.50. The Morgan fingerprint density at radius 1 is 1.40 bits per heavy atom.